The number of hydrogen-bond acceptors (Lipinski definition) is 2. The molecule has 1 rings (SSSR count). The van der Waals surface area contributed by atoms with Crippen LogP contribution in [-0.2, 0) is 6.42 Å². The van der Waals surface area contributed by atoms with Gasteiger partial charge in [0.1, 0.15) is 11.9 Å². The second-order valence-electron chi connectivity index (χ2n) is 3.87. The average Bonchev–Trinajstić information content (AvgIpc) is 2.30. The number of nitrogens with two attached hydrogens (primary N) is 1. The number of benzene rings is 1. The summed E-state index contributed by atoms with van der Waals surface area (Å²) in [6, 6.07) is 5.79. The molecule has 0 amide bonds. The molecular formula is C13H20ClNO. The lowest BCUT2D eigenvalue weighted by Gasteiger charge is -2.17. The molecule has 1 unspecified atom stereocenters. The van der Waals surface area contributed by atoms with E-state index in [1.165, 1.54) is 0 Å². The van der Waals surface area contributed by atoms with Gasteiger partial charge in [-0.3, -0.25) is 0 Å². The molecule has 2 N–H and O–H groups in total. The number of rotatable bonds is 6. The maximum atomic E-state index is 6.05. The summed E-state index contributed by atoms with van der Waals surface area (Å²) in [5, 5.41) is 0.801. The van der Waals surface area contributed by atoms with Crippen molar-refractivity contribution in [1.82, 2.24) is 0 Å². The average molecular weight is 242 g/mol. The summed E-state index contributed by atoms with van der Waals surface area (Å²) in [5.41, 5.74) is 6.77. The molecule has 1 atom stereocenters. The highest BCUT2D eigenvalue weighted by molar-refractivity contribution is 6.31. The van der Waals surface area contributed by atoms with Crippen molar-refractivity contribution in [2.75, 3.05) is 6.54 Å². The Hall–Kier alpha value is -0.730. The molecule has 0 heterocycles. The lowest BCUT2D eigenvalue weighted by atomic mass is 10.1. The Morgan fingerprint density at radius 2 is 2.12 bits per heavy atom. The Balaban J connectivity index is 2.72. The standard InChI is InChI=1S/C13H20ClNO/c1-3-5-12(9-15)16-11-6-7-13(14)10(4-2)8-11/h6-8,12H,3-5,9,15H2,1-2H3. The van der Waals surface area contributed by atoms with Crippen LogP contribution in [0.3, 0.4) is 0 Å². The van der Waals surface area contributed by atoms with Gasteiger partial charge in [-0.15, -0.1) is 0 Å². The van der Waals surface area contributed by atoms with Gasteiger partial charge < -0.3 is 10.5 Å². The summed E-state index contributed by atoms with van der Waals surface area (Å²) >= 11 is 6.05. The number of aryl methyl sites for hydroxylation is 1. The van der Waals surface area contributed by atoms with Gasteiger partial charge in [-0.25, -0.2) is 0 Å². The first-order valence-electron chi connectivity index (χ1n) is 5.86. The molecule has 3 heteroatoms. The predicted molar refractivity (Wildman–Crippen MR) is 69.2 cm³/mol. The fourth-order valence-corrected chi connectivity index (χ4v) is 1.89. The SMILES string of the molecule is CCCC(CN)Oc1ccc(Cl)c(CC)c1. The summed E-state index contributed by atoms with van der Waals surface area (Å²) in [4.78, 5) is 0. The van der Waals surface area contributed by atoms with Crippen molar-refractivity contribution < 1.29 is 4.74 Å². The topological polar surface area (TPSA) is 35.2 Å². The van der Waals surface area contributed by atoms with Crippen LogP contribution in [0.4, 0.5) is 0 Å². The normalized spacial score (nSPS) is 12.5. The van der Waals surface area contributed by atoms with Crippen LogP contribution in [-0.4, -0.2) is 12.6 Å². The molecule has 16 heavy (non-hydrogen) atoms. The van der Waals surface area contributed by atoms with Gasteiger partial charge >= 0.3 is 0 Å². The van der Waals surface area contributed by atoms with Gasteiger partial charge in [0.25, 0.3) is 0 Å². The van der Waals surface area contributed by atoms with Crippen molar-refractivity contribution in [1.29, 1.82) is 0 Å². The Morgan fingerprint density at radius 1 is 1.38 bits per heavy atom. The second-order valence-corrected chi connectivity index (χ2v) is 4.28. The highest BCUT2D eigenvalue weighted by atomic mass is 35.5. The first kappa shape index (κ1) is 13.3. The van der Waals surface area contributed by atoms with Gasteiger partial charge in [0.05, 0.1) is 0 Å². The minimum Gasteiger partial charge on any atom is -0.489 e. The fourth-order valence-electron chi connectivity index (χ4n) is 1.63. The van der Waals surface area contributed by atoms with Crippen LogP contribution >= 0.6 is 11.6 Å². The minimum atomic E-state index is 0.107. The zero-order valence-electron chi connectivity index (χ0n) is 10.0. The van der Waals surface area contributed by atoms with Crippen molar-refractivity contribution in [3.63, 3.8) is 0 Å². The summed E-state index contributed by atoms with van der Waals surface area (Å²) in [6.07, 6.45) is 3.09. The molecular weight excluding hydrogens is 222 g/mol. The van der Waals surface area contributed by atoms with Crippen molar-refractivity contribution in [2.24, 2.45) is 5.73 Å². The summed E-state index contributed by atoms with van der Waals surface area (Å²) in [5.74, 6) is 0.866. The Kier molecular flexibility index (Phi) is 5.64. The Morgan fingerprint density at radius 3 is 2.69 bits per heavy atom. The Bertz CT molecular complexity index is 328. The van der Waals surface area contributed by atoms with Crippen LogP contribution in [0.2, 0.25) is 5.02 Å². The van der Waals surface area contributed by atoms with Crippen molar-refractivity contribution in [3.8, 4) is 5.75 Å². The maximum absolute atomic E-state index is 6.05. The van der Waals surface area contributed by atoms with E-state index in [0.717, 1.165) is 35.6 Å². The smallest absolute Gasteiger partial charge is 0.120 e. The number of hydrogen-bond donors (Lipinski definition) is 1. The van der Waals surface area contributed by atoms with Crippen LogP contribution in [0.25, 0.3) is 0 Å². The quantitative estimate of drug-likeness (QED) is 0.829. The third-order valence-electron chi connectivity index (χ3n) is 2.57. The molecule has 0 aliphatic rings. The molecule has 0 spiro atoms. The molecule has 2 nitrogen and oxygen atoms in total. The molecule has 1 aromatic rings. The summed E-state index contributed by atoms with van der Waals surface area (Å²) < 4.78 is 5.82. The zero-order chi connectivity index (χ0) is 12.0. The minimum absolute atomic E-state index is 0.107. The van der Waals surface area contributed by atoms with E-state index >= 15 is 0 Å². The molecule has 0 aromatic heterocycles. The molecule has 0 saturated heterocycles. The summed E-state index contributed by atoms with van der Waals surface area (Å²) in [6.45, 7) is 4.76. The second kappa shape index (κ2) is 6.77. The highest BCUT2D eigenvalue weighted by Gasteiger charge is 2.08. The first-order chi connectivity index (χ1) is 7.71. The van der Waals surface area contributed by atoms with Crippen LogP contribution < -0.4 is 10.5 Å². The third kappa shape index (κ3) is 3.69. The van der Waals surface area contributed by atoms with E-state index in [-0.39, 0.29) is 6.10 Å². The van der Waals surface area contributed by atoms with E-state index in [4.69, 9.17) is 22.1 Å². The van der Waals surface area contributed by atoms with E-state index in [2.05, 4.69) is 13.8 Å². The van der Waals surface area contributed by atoms with E-state index in [0.29, 0.717) is 6.54 Å². The van der Waals surface area contributed by atoms with Gasteiger partial charge in [-0.05, 0) is 36.6 Å². The molecule has 1 aromatic carbocycles. The van der Waals surface area contributed by atoms with Crippen LogP contribution in [0.15, 0.2) is 18.2 Å². The van der Waals surface area contributed by atoms with E-state index in [9.17, 15) is 0 Å². The lowest BCUT2D eigenvalue weighted by Crippen LogP contribution is -2.26. The molecule has 0 bridgehead atoms. The van der Waals surface area contributed by atoms with Gasteiger partial charge in [-0.1, -0.05) is 31.9 Å². The van der Waals surface area contributed by atoms with E-state index in [1.807, 2.05) is 18.2 Å². The molecule has 0 saturated carbocycles. The van der Waals surface area contributed by atoms with Gasteiger partial charge in [-0.2, -0.15) is 0 Å². The maximum Gasteiger partial charge on any atom is 0.120 e. The number of halogens is 1. The molecule has 0 aliphatic carbocycles. The monoisotopic (exact) mass is 241 g/mol. The van der Waals surface area contributed by atoms with Crippen LogP contribution in [0, 0.1) is 0 Å². The molecule has 0 aliphatic heterocycles. The van der Waals surface area contributed by atoms with Crippen LogP contribution in [0.1, 0.15) is 32.3 Å². The Labute approximate surface area is 103 Å². The number of ether oxygens (including phenoxy) is 1. The van der Waals surface area contributed by atoms with E-state index < -0.39 is 0 Å². The van der Waals surface area contributed by atoms with Crippen molar-refractivity contribution in [3.05, 3.63) is 28.8 Å². The van der Waals surface area contributed by atoms with Crippen molar-refractivity contribution in [2.45, 2.75) is 39.2 Å². The molecule has 0 fully saturated rings. The van der Waals surface area contributed by atoms with Crippen molar-refractivity contribution >= 4 is 11.6 Å². The van der Waals surface area contributed by atoms with E-state index in [1.54, 1.807) is 0 Å². The van der Waals surface area contributed by atoms with Gasteiger partial charge in [0, 0.05) is 11.6 Å². The molecule has 90 valence electrons. The van der Waals surface area contributed by atoms with Crippen LogP contribution in [0.5, 0.6) is 5.75 Å². The van der Waals surface area contributed by atoms with Gasteiger partial charge in [0.15, 0.2) is 0 Å². The van der Waals surface area contributed by atoms with Gasteiger partial charge in [0.2, 0.25) is 0 Å². The predicted octanol–water partition coefficient (Wildman–Crippen LogP) is 3.41. The third-order valence-corrected chi connectivity index (χ3v) is 2.94. The largest absolute Gasteiger partial charge is 0.489 e. The fraction of sp³-hybridized carbons (Fsp3) is 0.538. The first-order valence-corrected chi connectivity index (χ1v) is 6.24. The lowest BCUT2D eigenvalue weighted by molar-refractivity contribution is 0.198. The molecule has 0 radical (unpaired) electrons. The summed E-state index contributed by atoms with van der Waals surface area (Å²) in [7, 11) is 0. The highest BCUT2D eigenvalue weighted by Crippen LogP contribution is 2.23. The zero-order valence-corrected chi connectivity index (χ0v) is 10.8.